The zero-order valence-electron chi connectivity index (χ0n) is 17.3. The number of rotatable bonds is 4. The number of aromatic nitrogens is 2. The van der Waals surface area contributed by atoms with Crippen molar-refractivity contribution in [3.8, 4) is 11.4 Å². The van der Waals surface area contributed by atoms with Crippen molar-refractivity contribution in [2.75, 3.05) is 18.4 Å². The Hall–Kier alpha value is -2.96. The van der Waals surface area contributed by atoms with Crippen LogP contribution in [0.4, 0.5) is 5.69 Å². The summed E-state index contributed by atoms with van der Waals surface area (Å²) in [7, 11) is 0. The third kappa shape index (κ3) is 4.45. The van der Waals surface area contributed by atoms with E-state index < -0.39 is 0 Å². The summed E-state index contributed by atoms with van der Waals surface area (Å²) in [6.45, 7) is 3.39. The van der Waals surface area contributed by atoms with E-state index in [0.717, 1.165) is 57.2 Å². The Kier molecular flexibility index (Phi) is 5.97. The first-order valence-electron chi connectivity index (χ1n) is 10.8. The number of nitrogens with one attached hydrogen (secondary N) is 2. The quantitative estimate of drug-likeness (QED) is 0.813. The van der Waals surface area contributed by atoms with Gasteiger partial charge in [0, 0.05) is 47.9 Å². The lowest BCUT2D eigenvalue weighted by Crippen LogP contribution is -2.42. The van der Waals surface area contributed by atoms with Crippen molar-refractivity contribution in [1.82, 2.24) is 14.9 Å². The molecular weight excluding hydrogens is 380 g/mol. The van der Waals surface area contributed by atoms with Crippen LogP contribution in [0.1, 0.15) is 44.2 Å². The van der Waals surface area contributed by atoms with Gasteiger partial charge in [0.1, 0.15) is 5.82 Å². The van der Waals surface area contributed by atoms with Gasteiger partial charge in [-0.3, -0.25) is 14.4 Å². The molecule has 1 aliphatic carbocycles. The molecule has 1 saturated carbocycles. The van der Waals surface area contributed by atoms with Crippen molar-refractivity contribution >= 4 is 17.5 Å². The van der Waals surface area contributed by atoms with Crippen molar-refractivity contribution < 1.29 is 9.59 Å². The first kappa shape index (κ1) is 20.3. The Bertz CT molecular complexity index is 994. The molecule has 2 fully saturated rings. The Balaban J connectivity index is 1.51. The van der Waals surface area contributed by atoms with Crippen LogP contribution in [0.15, 0.2) is 35.1 Å². The monoisotopic (exact) mass is 408 g/mol. The third-order valence-corrected chi connectivity index (χ3v) is 6.11. The number of H-pyrrole nitrogens is 1. The van der Waals surface area contributed by atoms with Crippen LogP contribution in [-0.4, -0.2) is 39.8 Å². The molecule has 4 rings (SSSR count). The summed E-state index contributed by atoms with van der Waals surface area (Å²) < 4.78 is 0. The predicted octanol–water partition coefficient (Wildman–Crippen LogP) is 3.11. The second-order valence-corrected chi connectivity index (χ2v) is 8.34. The number of carbonyl (C=O) groups excluding carboxylic acids is 2. The van der Waals surface area contributed by atoms with Gasteiger partial charge in [0.25, 0.3) is 5.56 Å². The SMILES string of the molecule is Cc1cc(=O)[nH]c(-c2cccc(NC(=O)C3CCCCC3C(=O)N3CCCC3)c2)n1. The maximum absolute atomic E-state index is 13.1. The molecule has 0 radical (unpaired) electrons. The van der Waals surface area contributed by atoms with E-state index >= 15 is 0 Å². The maximum Gasteiger partial charge on any atom is 0.251 e. The standard InChI is InChI=1S/C23H28N4O3/c1-15-13-20(28)26-21(24-15)16-7-6-8-17(14-16)25-22(29)18-9-2-3-10-19(18)23(30)27-11-4-5-12-27/h6-8,13-14,18-19H,2-5,9-12H2,1H3,(H,25,29)(H,24,26,28). The molecule has 1 aliphatic heterocycles. The summed E-state index contributed by atoms with van der Waals surface area (Å²) >= 11 is 0. The summed E-state index contributed by atoms with van der Waals surface area (Å²) in [6.07, 6.45) is 5.59. The molecule has 2 N–H and O–H groups in total. The minimum atomic E-state index is -0.299. The fourth-order valence-electron chi connectivity index (χ4n) is 4.61. The summed E-state index contributed by atoms with van der Waals surface area (Å²) in [5, 5.41) is 3.00. The lowest BCUT2D eigenvalue weighted by molar-refractivity contribution is -0.141. The van der Waals surface area contributed by atoms with E-state index in [2.05, 4.69) is 15.3 Å². The molecule has 7 nitrogen and oxygen atoms in total. The second kappa shape index (κ2) is 8.81. The number of amides is 2. The first-order chi connectivity index (χ1) is 14.5. The number of nitrogens with zero attached hydrogens (tertiary/aromatic N) is 2. The smallest absolute Gasteiger partial charge is 0.251 e. The van der Waals surface area contributed by atoms with E-state index in [9.17, 15) is 14.4 Å². The van der Waals surface area contributed by atoms with Crippen LogP contribution in [0.25, 0.3) is 11.4 Å². The Morgan fingerprint density at radius 1 is 1.07 bits per heavy atom. The van der Waals surface area contributed by atoms with Crippen LogP contribution in [0.5, 0.6) is 0 Å². The zero-order valence-corrected chi connectivity index (χ0v) is 17.3. The minimum absolute atomic E-state index is 0.102. The van der Waals surface area contributed by atoms with Gasteiger partial charge in [-0.25, -0.2) is 4.98 Å². The van der Waals surface area contributed by atoms with Crippen molar-refractivity contribution in [2.24, 2.45) is 11.8 Å². The van der Waals surface area contributed by atoms with Crippen molar-refractivity contribution in [3.63, 3.8) is 0 Å². The van der Waals surface area contributed by atoms with Gasteiger partial charge in [-0.2, -0.15) is 0 Å². The molecule has 30 heavy (non-hydrogen) atoms. The number of anilines is 1. The van der Waals surface area contributed by atoms with E-state index in [4.69, 9.17) is 0 Å². The highest BCUT2D eigenvalue weighted by Crippen LogP contribution is 2.33. The molecule has 0 bridgehead atoms. The van der Waals surface area contributed by atoms with Crippen LogP contribution < -0.4 is 10.9 Å². The number of likely N-dealkylation sites (tertiary alicyclic amines) is 1. The maximum atomic E-state index is 13.1. The normalized spacial score (nSPS) is 21.4. The van der Waals surface area contributed by atoms with Crippen LogP contribution in [0, 0.1) is 18.8 Å². The lowest BCUT2D eigenvalue weighted by Gasteiger charge is -2.32. The van der Waals surface area contributed by atoms with Crippen molar-refractivity contribution in [3.05, 3.63) is 46.4 Å². The van der Waals surface area contributed by atoms with Crippen LogP contribution in [0.2, 0.25) is 0 Å². The summed E-state index contributed by atoms with van der Waals surface area (Å²) in [6, 6.07) is 8.72. The molecule has 2 unspecified atom stereocenters. The van der Waals surface area contributed by atoms with Crippen LogP contribution in [0.3, 0.4) is 0 Å². The molecule has 2 atom stereocenters. The fraction of sp³-hybridized carbons (Fsp3) is 0.478. The third-order valence-electron chi connectivity index (χ3n) is 6.11. The number of aryl methyl sites for hydroxylation is 1. The minimum Gasteiger partial charge on any atom is -0.342 e. The second-order valence-electron chi connectivity index (χ2n) is 8.34. The summed E-state index contributed by atoms with van der Waals surface area (Å²) in [5.41, 5.74) is 1.78. The highest BCUT2D eigenvalue weighted by atomic mass is 16.2. The highest BCUT2D eigenvalue weighted by Gasteiger charge is 2.38. The fourth-order valence-corrected chi connectivity index (χ4v) is 4.61. The topological polar surface area (TPSA) is 95.2 Å². The molecule has 2 aromatic rings. The van der Waals surface area contributed by atoms with Gasteiger partial charge in [-0.1, -0.05) is 25.0 Å². The molecule has 2 amide bonds. The molecule has 2 aliphatic rings. The molecule has 1 aromatic heterocycles. The van der Waals surface area contributed by atoms with E-state index in [1.165, 1.54) is 6.07 Å². The van der Waals surface area contributed by atoms with Crippen molar-refractivity contribution in [1.29, 1.82) is 0 Å². The highest BCUT2D eigenvalue weighted by molar-refractivity contribution is 5.96. The molecule has 1 aromatic carbocycles. The van der Waals surface area contributed by atoms with E-state index in [1.54, 1.807) is 13.0 Å². The molecule has 2 heterocycles. The van der Waals surface area contributed by atoms with Gasteiger partial charge in [0.2, 0.25) is 11.8 Å². The van der Waals surface area contributed by atoms with Gasteiger partial charge < -0.3 is 15.2 Å². The molecular formula is C23H28N4O3. The van der Waals surface area contributed by atoms with Crippen LogP contribution >= 0.6 is 0 Å². The number of aromatic amines is 1. The average Bonchev–Trinajstić information content (AvgIpc) is 3.27. The summed E-state index contributed by atoms with van der Waals surface area (Å²) in [4.78, 5) is 46.9. The first-order valence-corrected chi connectivity index (χ1v) is 10.8. The molecule has 1 saturated heterocycles. The van der Waals surface area contributed by atoms with E-state index in [0.29, 0.717) is 17.2 Å². The van der Waals surface area contributed by atoms with E-state index in [1.807, 2.05) is 23.1 Å². The predicted molar refractivity (Wildman–Crippen MR) is 115 cm³/mol. The summed E-state index contributed by atoms with van der Waals surface area (Å²) in [5.74, 6) is -0.0178. The number of carbonyl (C=O) groups is 2. The Labute approximate surface area is 175 Å². The number of hydrogen-bond acceptors (Lipinski definition) is 4. The van der Waals surface area contributed by atoms with Gasteiger partial charge in [-0.15, -0.1) is 0 Å². The van der Waals surface area contributed by atoms with Crippen molar-refractivity contribution in [2.45, 2.75) is 45.4 Å². The Morgan fingerprint density at radius 3 is 2.53 bits per heavy atom. The average molecular weight is 409 g/mol. The van der Waals surface area contributed by atoms with E-state index in [-0.39, 0.29) is 29.2 Å². The largest absolute Gasteiger partial charge is 0.342 e. The van der Waals surface area contributed by atoms with Gasteiger partial charge in [0.05, 0.1) is 0 Å². The number of benzene rings is 1. The van der Waals surface area contributed by atoms with Gasteiger partial charge in [-0.05, 0) is 44.7 Å². The zero-order chi connectivity index (χ0) is 21.1. The lowest BCUT2D eigenvalue weighted by atomic mass is 9.77. The van der Waals surface area contributed by atoms with Gasteiger partial charge in [0.15, 0.2) is 0 Å². The molecule has 0 spiro atoms. The van der Waals surface area contributed by atoms with Crippen LogP contribution in [-0.2, 0) is 9.59 Å². The molecule has 7 heteroatoms. The number of hydrogen-bond donors (Lipinski definition) is 2. The Morgan fingerprint density at radius 2 is 1.80 bits per heavy atom. The van der Waals surface area contributed by atoms with Gasteiger partial charge >= 0.3 is 0 Å². The molecule has 158 valence electrons.